The van der Waals surface area contributed by atoms with E-state index in [1.54, 1.807) is 48.6 Å². The van der Waals surface area contributed by atoms with Gasteiger partial charge in [-0.3, -0.25) is 14.4 Å². The van der Waals surface area contributed by atoms with Crippen LogP contribution in [0.15, 0.2) is 18.2 Å². The van der Waals surface area contributed by atoms with Crippen LogP contribution in [0, 0.1) is 5.41 Å². The molecule has 0 aromatic heterocycles. The molecule has 5 rings (SSSR count). The molecule has 2 aromatic rings. The molecular weight excluding hydrogens is 598 g/mol. The first-order valence-electron chi connectivity index (χ1n) is 15.1. The molecule has 0 bridgehead atoms. The molecule has 3 aliphatic rings. The van der Waals surface area contributed by atoms with Crippen molar-refractivity contribution in [3.05, 3.63) is 51.6 Å². The SMILES string of the molecule is CN[C@]1(C)C(C)(C)[C@](C)(O[C@H]2C[C@](O)(C(=O)CO)Cc3c(O)c4c(c(O)c32)C(=O)c2c(OC)cccc2C4=O)OC(C)(C)[C@@]1(C)O. The summed E-state index contributed by atoms with van der Waals surface area (Å²) in [7, 11) is 3.03. The molecule has 250 valence electrons. The third-order valence-corrected chi connectivity index (χ3v) is 11.6. The van der Waals surface area contributed by atoms with Gasteiger partial charge in [-0.1, -0.05) is 26.0 Å². The maximum atomic E-state index is 14.0. The second-order valence-corrected chi connectivity index (χ2v) is 14.1. The van der Waals surface area contributed by atoms with Crippen molar-refractivity contribution in [1.29, 1.82) is 0 Å². The van der Waals surface area contributed by atoms with Gasteiger partial charge in [-0.25, -0.2) is 0 Å². The van der Waals surface area contributed by atoms with Crippen LogP contribution in [0.25, 0.3) is 0 Å². The van der Waals surface area contributed by atoms with E-state index in [0.717, 1.165) is 0 Å². The monoisotopic (exact) mass is 641 g/mol. The Morgan fingerprint density at radius 2 is 1.59 bits per heavy atom. The molecule has 0 unspecified atom stereocenters. The van der Waals surface area contributed by atoms with Crippen LogP contribution in [-0.4, -0.2) is 91.8 Å². The Bertz CT molecular complexity index is 1680. The molecule has 2 aliphatic carbocycles. The lowest BCUT2D eigenvalue weighted by Crippen LogP contribution is -2.83. The van der Waals surface area contributed by atoms with Gasteiger partial charge in [0.25, 0.3) is 0 Å². The molecule has 1 fully saturated rings. The number of ether oxygens (including phenoxy) is 3. The van der Waals surface area contributed by atoms with Crippen LogP contribution in [0.3, 0.4) is 0 Å². The van der Waals surface area contributed by atoms with E-state index >= 15 is 0 Å². The van der Waals surface area contributed by atoms with Crippen molar-refractivity contribution in [2.24, 2.45) is 5.41 Å². The summed E-state index contributed by atoms with van der Waals surface area (Å²) >= 11 is 0. The summed E-state index contributed by atoms with van der Waals surface area (Å²) in [5, 5.41) is 60.0. The van der Waals surface area contributed by atoms with E-state index in [1.165, 1.54) is 25.3 Å². The highest BCUT2D eigenvalue weighted by atomic mass is 16.7. The Labute approximate surface area is 267 Å². The minimum absolute atomic E-state index is 0.0534. The van der Waals surface area contributed by atoms with Crippen molar-refractivity contribution < 1.29 is 54.1 Å². The number of carbonyl (C=O) groups excluding carboxylic acids is 3. The molecule has 0 radical (unpaired) electrons. The number of nitrogens with one attached hydrogen (secondary N) is 1. The zero-order valence-electron chi connectivity index (χ0n) is 27.6. The summed E-state index contributed by atoms with van der Waals surface area (Å²) in [5.74, 6) is -5.42. The van der Waals surface area contributed by atoms with E-state index in [-0.39, 0.29) is 28.0 Å². The molecule has 1 saturated heterocycles. The van der Waals surface area contributed by atoms with Gasteiger partial charge in [0, 0.05) is 34.9 Å². The lowest BCUT2D eigenvalue weighted by Gasteiger charge is -2.68. The van der Waals surface area contributed by atoms with Crippen molar-refractivity contribution in [1.82, 2.24) is 5.32 Å². The Morgan fingerprint density at radius 1 is 0.978 bits per heavy atom. The number of aliphatic hydroxyl groups excluding tert-OH is 1. The molecule has 46 heavy (non-hydrogen) atoms. The predicted molar refractivity (Wildman–Crippen MR) is 164 cm³/mol. The minimum Gasteiger partial charge on any atom is -0.507 e. The number of phenolic OH excluding ortho intramolecular Hbond substituents is 2. The summed E-state index contributed by atoms with van der Waals surface area (Å²) in [6.07, 6.45) is -2.52. The van der Waals surface area contributed by atoms with Crippen LogP contribution in [0.5, 0.6) is 17.2 Å². The fourth-order valence-electron chi connectivity index (χ4n) is 7.76. The van der Waals surface area contributed by atoms with Crippen molar-refractivity contribution >= 4 is 17.3 Å². The number of aromatic hydroxyl groups is 2. The summed E-state index contributed by atoms with van der Waals surface area (Å²) in [6.45, 7) is 11.0. The standard InChI is InChI=1S/C34H43NO11/c1-29(2)31(5,35-8)32(6,42)30(3,4)46-33(29,7)45-19-14-34(43,20(37)15-36)13-17-22(19)28(41)24-23(26(17)39)25(38)16-11-10-12-18(44-9)21(16)27(24)40/h10-12,19,35-36,39,41-43H,13-15H2,1-9H3/t19-,31+,32+,33+,34-/m0/s1. The number of hydrogen-bond donors (Lipinski definition) is 6. The van der Waals surface area contributed by atoms with E-state index in [9.17, 15) is 39.9 Å². The molecule has 2 aromatic carbocycles. The third-order valence-electron chi connectivity index (χ3n) is 11.6. The number of rotatable bonds is 6. The van der Waals surface area contributed by atoms with E-state index < -0.39 is 99.1 Å². The quantitative estimate of drug-likeness (QED) is 0.216. The number of benzene rings is 2. The van der Waals surface area contributed by atoms with Crippen LogP contribution in [-0.2, 0) is 20.7 Å². The molecule has 0 amide bonds. The number of carbonyl (C=O) groups is 3. The van der Waals surface area contributed by atoms with Gasteiger partial charge in [-0.2, -0.15) is 0 Å². The molecule has 1 heterocycles. The number of aliphatic hydroxyl groups is 3. The van der Waals surface area contributed by atoms with E-state index in [2.05, 4.69) is 5.32 Å². The van der Waals surface area contributed by atoms with Gasteiger partial charge in [-0.05, 0) is 47.7 Å². The van der Waals surface area contributed by atoms with Crippen molar-refractivity contribution in [2.45, 2.75) is 95.5 Å². The Hall–Kier alpha value is -3.39. The zero-order chi connectivity index (χ0) is 34.6. The molecule has 0 saturated carbocycles. The van der Waals surface area contributed by atoms with Crippen molar-refractivity contribution in [3.8, 4) is 17.2 Å². The second-order valence-electron chi connectivity index (χ2n) is 14.1. The number of phenols is 2. The molecule has 5 atom stereocenters. The number of ketones is 3. The van der Waals surface area contributed by atoms with Crippen LogP contribution in [0.2, 0.25) is 0 Å². The van der Waals surface area contributed by atoms with Crippen LogP contribution >= 0.6 is 0 Å². The fraction of sp³-hybridized carbons (Fsp3) is 0.559. The van der Waals surface area contributed by atoms with Gasteiger partial charge >= 0.3 is 0 Å². The average Bonchev–Trinajstić information content (AvgIpc) is 2.98. The minimum atomic E-state index is -2.30. The second kappa shape index (κ2) is 10.3. The molecule has 0 spiro atoms. The summed E-state index contributed by atoms with van der Waals surface area (Å²) < 4.78 is 18.6. The van der Waals surface area contributed by atoms with Gasteiger partial charge in [0.2, 0.25) is 5.78 Å². The average molecular weight is 642 g/mol. The van der Waals surface area contributed by atoms with Gasteiger partial charge in [0.05, 0.1) is 41.0 Å². The number of Topliss-reactive ketones (excluding diaryl/α,β-unsaturated/α-hetero) is 1. The smallest absolute Gasteiger partial charge is 0.202 e. The summed E-state index contributed by atoms with van der Waals surface area (Å²) in [5.41, 5.74) is -8.61. The first-order chi connectivity index (χ1) is 21.1. The molecule has 12 heteroatoms. The topological polar surface area (TPSA) is 192 Å². The van der Waals surface area contributed by atoms with Crippen LogP contribution < -0.4 is 10.1 Å². The van der Waals surface area contributed by atoms with E-state index in [1.807, 2.05) is 6.92 Å². The highest BCUT2D eigenvalue weighted by Crippen LogP contribution is 2.61. The zero-order valence-corrected chi connectivity index (χ0v) is 27.6. The molecule has 6 N–H and O–H groups in total. The third kappa shape index (κ3) is 4.10. The van der Waals surface area contributed by atoms with Crippen LogP contribution in [0.1, 0.15) is 104 Å². The number of fused-ring (bicyclic) bond motifs is 3. The van der Waals surface area contributed by atoms with Gasteiger partial charge in [-0.15, -0.1) is 0 Å². The lowest BCUT2D eigenvalue weighted by atomic mass is 9.54. The van der Waals surface area contributed by atoms with E-state index in [0.29, 0.717) is 0 Å². The number of likely N-dealkylation sites (N-methyl/N-ethyl adjacent to an activating group) is 1. The lowest BCUT2D eigenvalue weighted by molar-refractivity contribution is -0.421. The Balaban J connectivity index is 1.77. The maximum absolute atomic E-state index is 14.0. The summed E-state index contributed by atoms with van der Waals surface area (Å²) in [4.78, 5) is 40.8. The van der Waals surface area contributed by atoms with Crippen molar-refractivity contribution in [2.75, 3.05) is 20.8 Å². The molecule has 12 nitrogen and oxygen atoms in total. The van der Waals surface area contributed by atoms with E-state index in [4.69, 9.17) is 14.2 Å². The molecule has 1 aliphatic heterocycles. The highest BCUT2D eigenvalue weighted by Gasteiger charge is 2.72. The largest absolute Gasteiger partial charge is 0.507 e. The van der Waals surface area contributed by atoms with Gasteiger partial charge < -0.3 is 45.1 Å². The Kier molecular flexibility index (Phi) is 7.61. The number of hydrogen-bond acceptors (Lipinski definition) is 12. The van der Waals surface area contributed by atoms with Gasteiger partial charge in [0.15, 0.2) is 17.4 Å². The Morgan fingerprint density at radius 3 is 2.15 bits per heavy atom. The first kappa shape index (κ1) is 34.0. The fourth-order valence-corrected chi connectivity index (χ4v) is 7.76. The molecular formula is C34H43NO11. The normalized spacial score (nSPS) is 32.7. The van der Waals surface area contributed by atoms with Gasteiger partial charge in [0.1, 0.15) is 35.1 Å². The summed E-state index contributed by atoms with van der Waals surface area (Å²) in [6, 6.07) is 4.40. The number of methoxy groups -OCH3 is 1. The van der Waals surface area contributed by atoms with Crippen molar-refractivity contribution in [3.63, 3.8) is 0 Å². The maximum Gasteiger partial charge on any atom is 0.202 e. The highest BCUT2D eigenvalue weighted by molar-refractivity contribution is 6.31. The first-order valence-corrected chi connectivity index (χ1v) is 15.1. The van der Waals surface area contributed by atoms with Crippen LogP contribution in [0.4, 0.5) is 0 Å². The predicted octanol–water partition coefficient (Wildman–Crippen LogP) is 2.46.